The van der Waals surface area contributed by atoms with E-state index in [1.54, 1.807) is 25.7 Å². The summed E-state index contributed by atoms with van der Waals surface area (Å²) in [5, 5.41) is 6.37. The van der Waals surface area contributed by atoms with Gasteiger partial charge in [-0.2, -0.15) is 9.50 Å². The molecule has 3 aliphatic carbocycles. The Hall–Kier alpha value is -3.28. The molecule has 0 bridgehead atoms. The fourth-order valence-electron chi connectivity index (χ4n) is 7.88. The number of carbonyl (C=O) groups is 2. The number of fused-ring (bicyclic) bond motifs is 8. The minimum atomic E-state index is -10.1. The third-order valence-corrected chi connectivity index (χ3v) is 11.2. The van der Waals surface area contributed by atoms with E-state index in [-0.39, 0.29) is 52.0 Å². The van der Waals surface area contributed by atoms with E-state index in [2.05, 4.69) is 31.3 Å². The zero-order valence-corrected chi connectivity index (χ0v) is 27.1. The molecule has 250 valence electrons. The first-order chi connectivity index (χ1) is 21.1. The molecule has 2 amide bonds. The van der Waals surface area contributed by atoms with Crippen LogP contribution in [-0.4, -0.2) is 54.3 Å². The van der Waals surface area contributed by atoms with E-state index in [1.807, 2.05) is 0 Å². The molecule has 0 radical (unpaired) electrons. The van der Waals surface area contributed by atoms with Crippen LogP contribution in [0.25, 0.3) is 5.78 Å². The van der Waals surface area contributed by atoms with Gasteiger partial charge < -0.3 is 19.5 Å². The van der Waals surface area contributed by atoms with Gasteiger partial charge in [-0.3, -0.25) is 9.59 Å². The molecule has 2 aromatic heterocycles. The predicted octanol–water partition coefficient (Wildman–Crippen LogP) is 6.86. The summed E-state index contributed by atoms with van der Waals surface area (Å²) in [6, 6.07) is -0.0372. The third kappa shape index (κ3) is 4.80. The molecule has 2 saturated carbocycles. The Morgan fingerprint density at radius 2 is 1.87 bits per heavy atom. The zero-order valence-electron chi connectivity index (χ0n) is 24.7. The van der Waals surface area contributed by atoms with Gasteiger partial charge >= 0.3 is 16.3 Å². The number of rotatable bonds is 4. The van der Waals surface area contributed by atoms with Crippen LogP contribution in [0.3, 0.4) is 0 Å². The summed E-state index contributed by atoms with van der Waals surface area (Å²) in [5.74, 6) is -2.60. The molecular formula is C28H29BrF6N6O4S. The molecule has 0 unspecified atom stereocenters. The minimum absolute atomic E-state index is 0.0163. The summed E-state index contributed by atoms with van der Waals surface area (Å²) in [5.41, 5.74) is -1.29. The van der Waals surface area contributed by atoms with E-state index in [9.17, 15) is 38.2 Å². The van der Waals surface area contributed by atoms with Gasteiger partial charge in [-0.25, -0.2) is 9.18 Å². The van der Waals surface area contributed by atoms with Crippen LogP contribution in [-0.2, 0) is 21.5 Å². The molecule has 3 heterocycles. The molecule has 1 spiro atoms. The lowest BCUT2D eigenvalue weighted by atomic mass is 9.54. The van der Waals surface area contributed by atoms with Crippen molar-refractivity contribution < 1.29 is 38.1 Å². The quantitative estimate of drug-likeness (QED) is 0.293. The highest BCUT2D eigenvalue weighted by Crippen LogP contribution is 3.02. The third-order valence-electron chi connectivity index (χ3n) is 9.68. The maximum atomic E-state index is 14.6. The monoisotopic (exact) mass is 738 g/mol. The molecule has 3 fully saturated rings. The predicted molar refractivity (Wildman–Crippen MR) is 158 cm³/mol. The molecule has 4 aliphatic rings. The van der Waals surface area contributed by atoms with Crippen molar-refractivity contribution in [1.29, 1.82) is 0 Å². The smallest absolute Gasteiger partial charge is 0.410 e. The lowest BCUT2D eigenvalue weighted by Crippen LogP contribution is -2.64. The van der Waals surface area contributed by atoms with Crippen LogP contribution in [0.2, 0.25) is 0 Å². The molecule has 1 aromatic carbocycles. The lowest BCUT2D eigenvalue weighted by Gasteiger charge is -2.57. The average Bonchev–Trinajstić information content (AvgIpc) is 3.50. The number of aromatic nitrogens is 4. The maximum Gasteiger partial charge on any atom is 0.410 e. The number of halogens is 7. The molecule has 18 heteroatoms. The Morgan fingerprint density at radius 3 is 2.48 bits per heavy atom. The minimum Gasteiger partial charge on any atom is -0.444 e. The number of carbonyl (C=O) groups excluding carboxylic acids is 2. The van der Waals surface area contributed by atoms with E-state index in [4.69, 9.17) is 4.74 Å². The largest absolute Gasteiger partial charge is 0.444 e. The van der Waals surface area contributed by atoms with Gasteiger partial charge in [-0.15, -0.1) is 5.10 Å². The summed E-state index contributed by atoms with van der Waals surface area (Å²) >= 11 is 3.18. The second-order valence-corrected chi connectivity index (χ2v) is 16.7. The number of ether oxygens (including phenoxy) is 1. The number of likely N-dealkylation sites (tertiary alicyclic amines) is 1. The Balaban J connectivity index is 1.25. The maximum absolute atomic E-state index is 14.6. The van der Waals surface area contributed by atoms with Crippen LogP contribution in [0.15, 0.2) is 32.6 Å². The van der Waals surface area contributed by atoms with Gasteiger partial charge in [0.25, 0.3) is 5.56 Å². The van der Waals surface area contributed by atoms with Crippen LogP contribution < -0.4 is 10.9 Å². The molecular weight excluding hydrogens is 710 g/mol. The SMILES string of the molecule is CC(C)(C)OC(=O)N1CC[C@]2(c3c(n(CC(=O)Nc4ccc(S(F)(F)(F)(F)F)cc4F)c4nc(Br)nn4c3=O)[C@H]3C[C@H]32)[C@@H]2CC[C@@H]21. The summed E-state index contributed by atoms with van der Waals surface area (Å²) in [4.78, 5) is 44.1. The summed E-state index contributed by atoms with van der Waals surface area (Å²) in [7, 11) is -10.1. The Bertz CT molecular complexity index is 1930. The first-order valence-electron chi connectivity index (χ1n) is 14.6. The summed E-state index contributed by atoms with van der Waals surface area (Å²) in [6.07, 6.45) is 2.35. The second-order valence-electron chi connectivity index (χ2n) is 13.6. The average molecular weight is 740 g/mol. The molecule has 1 aliphatic heterocycles. The number of hydrogen-bond acceptors (Lipinski definition) is 6. The van der Waals surface area contributed by atoms with Gasteiger partial charge in [0.15, 0.2) is 0 Å². The van der Waals surface area contributed by atoms with Gasteiger partial charge in [-0.1, -0.05) is 19.4 Å². The van der Waals surface area contributed by atoms with Crippen LogP contribution in [0, 0.1) is 17.7 Å². The van der Waals surface area contributed by atoms with Crippen molar-refractivity contribution in [3.63, 3.8) is 0 Å². The van der Waals surface area contributed by atoms with Crippen molar-refractivity contribution in [2.24, 2.45) is 11.8 Å². The van der Waals surface area contributed by atoms with Crippen LogP contribution in [0.4, 0.5) is 34.3 Å². The molecule has 46 heavy (non-hydrogen) atoms. The fraction of sp³-hybridized carbons (Fsp3) is 0.536. The highest BCUT2D eigenvalue weighted by atomic mass is 79.9. The zero-order chi connectivity index (χ0) is 33.4. The number of hydrogen-bond donors (Lipinski definition) is 1. The molecule has 5 atom stereocenters. The molecule has 3 aromatic rings. The first-order valence-corrected chi connectivity index (χ1v) is 17.4. The number of nitrogens with zero attached hydrogens (tertiary/aromatic N) is 5. The summed E-state index contributed by atoms with van der Waals surface area (Å²) < 4.78 is 88.7. The van der Waals surface area contributed by atoms with E-state index >= 15 is 0 Å². The van der Waals surface area contributed by atoms with Gasteiger partial charge in [0, 0.05) is 35.2 Å². The van der Waals surface area contributed by atoms with Crippen molar-refractivity contribution in [1.82, 2.24) is 24.1 Å². The van der Waals surface area contributed by atoms with E-state index in [0.29, 0.717) is 30.3 Å². The topological polar surface area (TPSA) is 111 Å². The number of benzene rings is 1. The van der Waals surface area contributed by atoms with Crippen molar-refractivity contribution in [2.45, 2.75) is 80.9 Å². The van der Waals surface area contributed by atoms with Crippen molar-refractivity contribution in [3.8, 4) is 0 Å². The summed E-state index contributed by atoms with van der Waals surface area (Å²) in [6.45, 7) is 5.23. The standard InChI is InChI=1S/C28H29BrF6N6O4S/c1-27(2,3)45-26(44)39-9-8-28(15-5-7-19(15)39)16-11-14(16)22-21(28)23(43)41-25(37-24(29)38-41)40(22)12-20(42)36-18-6-4-13(10-17(18)30)46(31,32,33,34)35/h4,6,10,14-16,19H,5,7-9,11-12H2,1-3H3,(H,36,42)/t14-,15+,16+,19-,28-/m0/s1. The van der Waals surface area contributed by atoms with Crippen molar-refractivity contribution in [2.75, 3.05) is 11.9 Å². The normalized spacial score (nSPS) is 28.1. The molecule has 7 rings (SSSR count). The van der Waals surface area contributed by atoms with Gasteiger partial charge in [0.1, 0.15) is 22.9 Å². The van der Waals surface area contributed by atoms with E-state index < -0.39 is 56.2 Å². The number of amides is 2. The molecule has 1 N–H and O–H groups in total. The van der Waals surface area contributed by atoms with Crippen LogP contribution in [0.5, 0.6) is 0 Å². The molecule has 1 saturated heterocycles. The number of piperidine rings is 1. The van der Waals surface area contributed by atoms with Crippen molar-refractivity contribution >= 4 is 49.6 Å². The first kappa shape index (κ1) is 31.3. The Morgan fingerprint density at radius 1 is 1.15 bits per heavy atom. The van der Waals surface area contributed by atoms with Gasteiger partial charge in [-0.05, 0) is 92.4 Å². The fourth-order valence-corrected chi connectivity index (χ4v) is 8.85. The Kier molecular flexibility index (Phi) is 6.12. The number of nitrogens with one attached hydrogen (secondary N) is 1. The lowest BCUT2D eigenvalue weighted by molar-refractivity contribution is -0.116. The van der Waals surface area contributed by atoms with Crippen LogP contribution >= 0.6 is 26.2 Å². The van der Waals surface area contributed by atoms with E-state index in [1.165, 1.54) is 4.57 Å². The van der Waals surface area contributed by atoms with Gasteiger partial charge in [0.2, 0.25) is 16.4 Å². The van der Waals surface area contributed by atoms with E-state index in [0.717, 1.165) is 23.8 Å². The highest BCUT2D eigenvalue weighted by Gasteiger charge is 2.70. The Labute approximate surface area is 266 Å². The van der Waals surface area contributed by atoms with Crippen LogP contribution in [0.1, 0.15) is 63.6 Å². The highest BCUT2D eigenvalue weighted by molar-refractivity contribution is 9.10. The number of anilines is 1. The van der Waals surface area contributed by atoms with Crippen molar-refractivity contribution in [3.05, 3.63) is 50.4 Å². The second kappa shape index (κ2) is 8.99. The molecule has 10 nitrogen and oxygen atoms in total. The van der Waals surface area contributed by atoms with Gasteiger partial charge in [0.05, 0.1) is 5.69 Å².